The first-order chi connectivity index (χ1) is 14.5. The van der Waals surface area contributed by atoms with Crippen molar-refractivity contribution < 1.29 is 28.0 Å². The van der Waals surface area contributed by atoms with Crippen molar-refractivity contribution >= 4 is 24.0 Å². The molecule has 0 saturated carbocycles. The molecule has 0 spiro atoms. The summed E-state index contributed by atoms with van der Waals surface area (Å²) in [4.78, 5) is 7.37. The molecule has 0 fully saturated rings. The van der Waals surface area contributed by atoms with Crippen LogP contribution >= 0.6 is 0 Å². The van der Waals surface area contributed by atoms with Crippen LogP contribution in [0.2, 0.25) is 0 Å². The van der Waals surface area contributed by atoms with Crippen molar-refractivity contribution in [3.05, 3.63) is 47.3 Å². The summed E-state index contributed by atoms with van der Waals surface area (Å²) in [5.41, 5.74) is -0.203. The van der Waals surface area contributed by atoms with Crippen molar-refractivity contribution in [1.82, 2.24) is 9.97 Å². The van der Waals surface area contributed by atoms with Gasteiger partial charge in [-0.2, -0.15) is 0 Å². The van der Waals surface area contributed by atoms with Crippen LogP contribution in [-0.2, 0) is 11.1 Å². The number of benzene rings is 1. The number of fused-ring (bicyclic) bond motifs is 1. The fourth-order valence-corrected chi connectivity index (χ4v) is 2.93. The number of nitrogens with zero attached hydrogens (tertiary/aromatic N) is 1. The van der Waals surface area contributed by atoms with Crippen molar-refractivity contribution in [2.75, 3.05) is 14.2 Å². The third-order valence-electron chi connectivity index (χ3n) is 5.63. The first kappa shape index (κ1) is 23.0. The van der Waals surface area contributed by atoms with Crippen molar-refractivity contribution in [2.24, 2.45) is 0 Å². The lowest BCUT2D eigenvalue weighted by atomic mass is 9.83. The number of H-pyrrole nitrogens is 1. The Kier molecular flexibility index (Phi) is 6.29. The van der Waals surface area contributed by atoms with Gasteiger partial charge in [0.25, 0.3) is 0 Å². The highest BCUT2D eigenvalue weighted by Gasteiger charge is 2.35. The molecule has 9 heteroatoms. The van der Waals surface area contributed by atoms with E-state index in [1.54, 1.807) is 40.1 Å². The maximum atomic E-state index is 14.8. The number of aromatic nitrogens is 2. The average molecular weight is 431 g/mol. The summed E-state index contributed by atoms with van der Waals surface area (Å²) in [6.45, 7) is 6.88. The van der Waals surface area contributed by atoms with Gasteiger partial charge in [0.2, 0.25) is 0 Å². The largest absolute Gasteiger partial charge is 0.494 e. The zero-order valence-corrected chi connectivity index (χ0v) is 18.5. The lowest BCUT2D eigenvalue weighted by Gasteiger charge is -2.37. The van der Waals surface area contributed by atoms with E-state index in [2.05, 4.69) is 9.97 Å². The fourth-order valence-electron chi connectivity index (χ4n) is 2.93. The van der Waals surface area contributed by atoms with E-state index < -0.39 is 22.8 Å². The van der Waals surface area contributed by atoms with Crippen LogP contribution in [0.4, 0.5) is 8.78 Å². The van der Waals surface area contributed by atoms with Crippen LogP contribution in [0.25, 0.3) is 11.0 Å². The number of aromatic amines is 1. The number of methoxy groups -OCH3 is 2. The Bertz CT molecular complexity index is 1070. The number of ether oxygens (including phenoxy) is 2. The maximum absolute atomic E-state index is 14.8. The Morgan fingerprint density at radius 1 is 1.06 bits per heavy atom. The molecule has 0 aliphatic rings. The first-order valence-electron chi connectivity index (χ1n) is 9.76. The molecule has 6 nitrogen and oxygen atoms in total. The molecule has 0 saturated heterocycles. The quantitative estimate of drug-likeness (QED) is 0.536. The van der Waals surface area contributed by atoms with Gasteiger partial charge in [-0.25, -0.2) is 13.8 Å². The highest BCUT2D eigenvalue weighted by atomic mass is 19.1. The number of rotatable bonds is 8. The minimum absolute atomic E-state index is 0.0353. The molecule has 165 valence electrons. The Labute approximate surface area is 180 Å². The molecule has 1 radical (unpaired) electrons. The van der Waals surface area contributed by atoms with Gasteiger partial charge in [0, 0.05) is 35.8 Å². The number of aliphatic hydroxyl groups is 1. The van der Waals surface area contributed by atoms with E-state index in [0.29, 0.717) is 22.1 Å². The van der Waals surface area contributed by atoms with Gasteiger partial charge >= 0.3 is 7.48 Å². The molecule has 31 heavy (non-hydrogen) atoms. The van der Waals surface area contributed by atoms with Gasteiger partial charge in [0.05, 0.1) is 25.4 Å². The maximum Gasteiger partial charge on any atom is 0.332 e. The number of pyridine rings is 1. The summed E-state index contributed by atoms with van der Waals surface area (Å²) in [5, 5.41) is 10.9. The van der Waals surface area contributed by atoms with E-state index in [-0.39, 0.29) is 23.5 Å². The van der Waals surface area contributed by atoms with Gasteiger partial charge < -0.3 is 24.2 Å². The lowest BCUT2D eigenvalue weighted by molar-refractivity contribution is -0.0893. The van der Waals surface area contributed by atoms with Crippen LogP contribution in [0.1, 0.15) is 38.8 Å². The summed E-state index contributed by atoms with van der Waals surface area (Å²) < 4.78 is 45.4. The second-order valence-corrected chi connectivity index (χ2v) is 8.35. The SMILES string of the molecule is COc1cc(OC)c(F)c(Cc2c[nH]c3ncc([B]OC(C)(C)C(C)(C)O)cc23)c1F. The number of hydrogen-bond donors (Lipinski definition) is 2. The molecule has 2 aromatic heterocycles. The zero-order chi connectivity index (χ0) is 23.0. The summed E-state index contributed by atoms with van der Waals surface area (Å²) in [6.07, 6.45) is 3.24. The van der Waals surface area contributed by atoms with Crippen LogP contribution in [0.15, 0.2) is 24.5 Å². The number of hydrogen-bond acceptors (Lipinski definition) is 5. The van der Waals surface area contributed by atoms with Gasteiger partial charge in [-0.05, 0) is 38.7 Å². The second kappa shape index (κ2) is 8.47. The highest BCUT2D eigenvalue weighted by Crippen LogP contribution is 2.33. The summed E-state index contributed by atoms with van der Waals surface area (Å²) in [7, 11) is 4.13. The van der Waals surface area contributed by atoms with E-state index >= 15 is 0 Å². The highest BCUT2D eigenvalue weighted by molar-refractivity contribution is 6.47. The van der Waals surface area contributed by atoms with Crippen molar-refractivity contribution in [3.8, 4) is 11.5 Å². The molecule has 0 aliphatic carbocycles. The molecule has 3 rings (SSSR count). The Balaban J connectivity index is 1.94. The molecule has 0 aliphatic heterocycles. The Morgan fingerprint density at radius 2 is 1.68 bits per heavy atom. The van der Waals surface area contributed by atoms with E-state index in [0.717, 1.165) is 0 Å². The minimum Gasteiger partial charge on any atom is -0.494 e. The third-order valence-corrected chi connectivity index (χ3v) is 5.63. The normalized spacial score (nSPS) is 12.3. The summed E-state index contributed by atoms with van der Waals surface area (Å²) in [5.74, 6) is -1.74. The van der Waals surface area contributed by atoms with E-state index in [9.17, 15) is 13.9 Å². The Hall–Kier alpha value is -2.65. The van der Waals surface area contributed by atoms with Crippen LogP contribution in [0.3, 0.4) is 0 Å². The molecule has 1 aromatic carbocycles. The molecule has 0 amide bonds. The van der Waals surface area contributed by atoms with Gasteiger partial charge in [0.1, 0.15) is 5.65 Å². The van der Waals surface area contributed by atoms with E-state index in [1.807, 2.05) is 6.07 Å². The van der Waals surface area contributed by atoms with E-state index in [4.69, 9.17) is 14.1 Å². The van der Waals surface area contributed by atoms with Gasteiger partial charge in [-0.15, -0.1) is 0 Å². The van der Waals surface area contributed by atoms with Crippen LogP contribution in [0, 0.1) is 11.6 Å². The topological polar surface area (TPSA) is 76.6 Å². The predicted octanol–water partition coefficient (Wildman–Crippen LogP) is 3.26. The summed E-state index contributed by atoms with van der Waals surface area (Å²) in [6, 6.07) is 2.99. The lowest BCUT2D eigenvalue weighted by Crippen LogP contribution is -2.49. The molecule has 2 N–H and O–H groups in total. The predicted molar refractivity (Wildman–Crippen MR) is 115 cm³/mol. The van der Waals surface area contributed by atoms with Crippen LogP contribution in [0.5, 0.6) is 11.5 Å². The van der Waals surface area contributed by atoms with Crippen LogP contribution in [-0.4, -0.2) is 48.0 Å². The van der Waals surface area contributed by atoms with Crippen molar-refractivity contribution in [2.45, 2.75) is 45.3 Å². The zero-order valence-electron chi connectivity index (χ0n) is 18.5. The molecule has 0 bridgehead atoms. The van der Waals surface area contributed by atoms with Gasteiger partial charge in [0.15, 0.2) is 23.1 Å². The molecule has 0 unspecified atom stereocenters. The summed E-state index contributed by atoms with van der Waals surface area (Å²) >= 11 is 0. The molecular weight excluding hydrogens is 405 g/mol. The smallest absolute Gasteiger partial charge is 0.332 e. The van der Waals surface area contributed by atoms with Gasteiger partial charge in [-0.3, -0.25) is 0 Å². The minimum atomic E-state index is -1.07. The fraction of sp³-hybridized carbons (Fsp3) is 0.409. The van der Waals surface area contributed by atoms with E-state index in [1.165, 1.54) is 27.8 Å². The average Bonchev–Trinajstić information content (AvgIpc) is 3.11. The Morgan fingerprint density at radius 3 is 2.23 bits per heavy atom. The van der Waals surface area contributed by atoms with Crippen LogP contribution < -0.4 is 14.9 Å². The standard InChI is InChI=1S/C22H26BF2N2O4/c1-21(2,28)22(3,4)31-23-13-8-14-12(10-26-20(14)27-11-13)7-15-18(24)16(29-5)9-17(30-6)19(15)25/h8-11,28H,7H2,1-6H3,(H,26,27). The van der Waals surface area contributed by atoms with Gasteiger partial charge in [-0.1, -0.05) is 6.07 Å². The molecule has 0 atom stereocenters. The molecule has 2 heterocycles. The van der Waals surface area contributed by atoms with Crippen molar-refractivity contribution in [1.29, 1.82) is 0 Å². The van der Waals surface area contributed by atoms with Crippen molar-refractivity contribution in [3.63, 3.8) is 0 Å². The molecule has 3 aromatic rings. The second-order valence-electron chi connectivity index (χ2n) is 8.35. The third kappa shape index (κ3) is 4.52. The number of nitrogens with one attached hydrogen (secondary N) is 1. The monoisotopic (exact) mass is 431 g/mol. The molecular formula is C22H26BF2N2O4. The first-order valence-corrected chi connectivity index (χ1v) is 9.76. The number of halogens is 2.